The Kier molecular flexibility index (Phi) is 4.88. The van der Waals surface area contributed by atoms with Crippen LogP contribution in [0.1, 0.15) is 19.4 Å². The summed E-state index contributed by atoms with van der Waals surface area (Å²) in [5, 5.41) is 6.66. The molecule has 0 spiro atoms. The number of hydrogen-bond donors (Lipinski definition) is 1. The lowest BCUT2D eigenvalue weighted by Crippen LogP contribution is -2.60. The van der Waals surface area contributed by atoms with Crippen LogP contribution in [0, 0.1) is 0 Å². The molecule has 0 unspecified atom stereocenters. The summed E-state index contributed by atoms with van der Waals surface area (Å²) in [6, 6.07) is -0.514. The van der Waals surface area contributed by atoms with Crippen LogP contribution in [-0.2, 0) is 18.2 Å². The van der Waals surface area contributed by atoms with Gasteiger partial charge in [0.25, 0.3) is 0 Å². The maximum atomic E-state index is 12.9. The number of rotatable bonds is 3. The molecule has 0 bridgehead atoms. The summed E-state index contributed by atoms with van der Waals surface area (Å²) in [6.07, 6.45) is -2.38. The Hall–Kier alpha value is -1.77. The van der Waals surface area contributed by atoms with Crippen LogP contribution in [0.2, 0.25) is 0 Å². The first-order valence-corrected chi connectivity index (χ1v) is 7.32. The van der Waals surface area contributed by atoms with Gasteiger partial charge in [-0.05, 0) is 25.8 Å². The molecule has 1 fully saturated rings. The molecule has 6 nitrogen and oxygen atoms in total. The summed E-state index contributed by atoms with van der Waals surface area (Å²) in [5.74, 6) is 0. The molecule has 1 saturated heterocycles. The third-order valence-corrected chi connectivity index (χ3v) is 3.52. The second kappa shape index (κ2) is 6.38. The number of carbonyl (C=O) groups excluding carboxylic acids is 1. The molecule has 0 aliphatic carbocycles. The maximum Gasteiger partial charge on any atom is 0.416 e. The number of aromatic nitrogens is 2. The number of nitrogens with one attached hydrogen (secondary N) is 1. The van der Waals surface area contributed by atoms with Gasteiger partial charge in [-0.15, -0.1) is 0 Å². The molecule has 1 aliphatic heterocycles. The quantitative estimate of drug-likeness (QED) is 0.916. The van der Waals surface area contributed by atoms with Crippen molar-refractivity contribution in [2.75, 3.05) is 19.6 Å². The average molecular weight is 334 g/mol. The van der Waals surface area contributed by atoms with E-state index in [0.29, 0.717) is 13.0 Å². The summed E-state index contributed by atoms with van der Waals surface area (Å²) < 4.78 is 45.4. The Labute approximate surface area is 132 Å². The highest BCUT2D eigenvalue weighted by atomic mass is 19.4. The van der Waals surface area contributed by atoms with Crippen LogP contribution >= 0.6 is 0 Å². The second-order valence-corrected chi connectivity index (χ2v) is 6.29. The van der Waals surface area contributed by atoms with Crippen molar-refractivity contribution >= 4 is 6.03 Å². The Morgan fingerprint density at radius 1 is 1.52 bits per heavy atom. The van der Waals surface area contributed by atoms with E-state index in [1.807, 2.05) is 6.20 Å². The van der Waals surface area contributed by atoms with E-state index in [2.05, 4.69) is 10.4 Å². The zero-order valence-corrected chi connectivity index (χ0v) is 13.4. The third kappa shape index (κ3) is 4.85. The van der Waals surface area contributed by atoms with Crippen molar-refractivity contribution in [1.29, 1.82) is 0 Å². The van der Waals surface area contributed by atoms with Gasteiger partial charge in [0.15, 0.2) is 6.10 Å². The summed E-state index contributed by atoms with van der Waals surface area (Å²) in [6.45, 7) is 3.03. The topological polar surface area (TPSA) is 59.4 Å². The number of ether oxygens (including phenoxy) is 1. The fourth-order valence-corrected chi connectivity index (χ4v) is 2.54. The lowest BCUT2D eigenvalue weighted by Gasteiger charge is -2.43. The molecule has 1 aromatic rings. The van der Waals surface area contributed by atoms with Gasteiger partial charge in [0.05, 0.1) is 24.9 Å². The van der Waals surface area contributed by atoms with Crippen LogP contribution in [0.5, 0.6) is 0 Å². The number of alkyl halides is 3. The molecule has 1 aromatic heterocycles. The minimum absolute atomic E-state index is 0.109. The van der Waals surface area contributed by atoms with Crippen molar-refractivity contribution < 1.29 is 22.7 Å². The summed E-state index contributed by atoms with van der Waals surface area (Å²) in [7, 11) is 1.79. The van der Waals surface area contributed by atoms with Crippen molar-refractivity contribution in [2.24, 2.45) is 7.05 Å². The van der Waals surface area contributed by atoms with Gasteiger partial charge in [0, 0.05) is 19.8 Å². The standard InChI is InChI=1S/C14H21F3N4O2/c1-13(2)9-21(8-11(23-13)14(15,16)17)12(22)18-5-4-10-6-19-20(3)7-10/h6-7,11H,4-5,8-9H2,1-3H3,(H,18,22)/t11-/m0/s1. The van der Waals surface area contributed by atoms with Gasteiger partial charge >= 0.3 is 12.2 Å². The normalized spacial score (nSPS) is 21.3. The van der Waals surface area contributed by atoms with Crippen LogP contribution in [0.3, 0.4) is 0 Å². The van der Waals surface area contributed by atoms with E-state index < -0.39 is 30.5 Å². The van der Waals surface area contributed by atoms with Gasteiger partial charge in [-0.1, -0.05) is 0 Å². The Balaban J connectivity index is 1.89. The zero-order chi connectivity index (χ0) is 17.3. The minimum atomic E-state index is -4.49. The Bertz CT molecular complexity index is 556. The van der Waals surface area contributed by atoms with Crippen LogP contribution in [0.4, 0.5) is 18.0 Å². The Morgan fingerprint density at radius 2 is 2.22 bits per heavy atom. The molecule has 0 radical (unpaired) electrons. The molecular weight excluding hydrogens is 313 g/mol. The maximum absolute atomic E-state index is 12.9. The number of hydrogen-bond acceptors (Lipinski definition) is 3. The molecule has 23 heavy (non-hydrogen) atoms. The molecule has 0 saturated carbocycles. The molecule has 0 aromatic carbocycles. The predicted molar refractivity (Wildman–Crippen MR) is 76.9 cm³/mol. The number of urea groups is 1. The fraction of sp³-hybridized carbons (Fsp3) is 0.714. The third-order valence-electron chi connectivity index (χ3n) is 3.52. The summed E-state index contributed by atoms with van der Waals surface area (Å²) in [4.78, 5) is 13.3. The highest BCUT2D eigenvalue weighted by Crippen LogP contribution is 2.31. The molecule has 2 amide bonds. The molecule has 1 N–H and O–H groups in total. The minimum Gasteiger partial charge on any atom is -0.359 e. The average Bonchev–Trinajstić information content (AvgIpc) is 2.81. The van der Waals surface area contributed by atoms with E-state index in [1.54, 1.807) is 31.8 Å². The van der Waals surface area contributed by atoms with Crippen LogP contribution in [0.15, 0.2) is 12.4 Å². The van der Waals surface area contributed by atoms with Crippen LogP contribution < -0.4 is 5.32 Å². The zero-order valence-electron chi connectivity index (χ0n) is 13.4. The van der Waals surface area contributed by atoms with Crippen molar-refractivity contribution in [3.8, 4) is 0 Å². The first kappa shape index (κ1) is 17.6. The van der Waals surface area contributed by atoms with E-state index in [4.69, 9.17) is 4.74 Å². The van der Waals surface area contributed by atoms with E-state index in [9.17, 15) is 18.0 Å². The number of carbonyl (C=O) groups is 1. The first-order valence-electron chi connectivity index (χ1n) is 7.32. The monoisotopic (exact) mass is 334 g/mol. The second-order valence-electron chi connectivity index (χ2n) is 6.29. The molecule has 9 heteroatoms. The summed E-state index contributed by atoms with van der Waals surface area (Å²) >= 11 is 0. The number of nitrogens with zero attached hydrogens (tertiary/aromatic N) is 3. The van der Waals surface area contributed by atoms with E-state index in [1.165, 1.54) is 0 Å². The van der Waals surface area contributed by atoms with Crippen LogP contribution in [0.25, 0.3) is 0 Å². The fourth-order valence-electron chi connectivity index (χ4n) is 2.54. The highest BCUT2D eigenvalue weighted by molar-refractivity contribution is 5.74. The van der Waals surface area contributed by atoms with Crippen molar-refractivity contribution in [3.05, 3.63) is 18.0 Å². The highest BCUT2D eigenvalue weighted by Gasteiger charge is 2.49. The van der Waals surface area contributed by atoms with E-state index >= 15 is 0 Å². The first-order chi connectivity index (χ1) is 10.6. The van der Waals surface area contributed by atoms with E-state index in [-0.39, 0.29) is 6.54 Å². The molecular formula is C14H21F3N4O2. The molecule has 130 valence electrons. The SMILES string of the molecule is Cn1cc(CCNC(=O)N2C[C@@H](C(F)(F)F)OC(C)(C)C2)cn1. The van der Waals surface area contributed by atoms with Crippen molar-refractivity contribution in [3.63, 3.8) is 0 Å². The van der Waals surface area contributed by atoms with Gasteiger partial charge in [-0.2, -0.15) is 18.3 Å². The molecule has 2 rings (SSSR count). The number of aryl methyl sites for hydroxylation is 1. The van der Waals surface area contributed by atoms with Crippen molar-refractivity contribution in [2.45, 2.75) is 38.1 Å². The number of morpholine rings is 1. The van der Waals surface area contributed by atoms with Gasteiger partial charge in [-0.25, -0.2) is 4.79 Å². The van der Waals surface area contributed by atoms with Gasteiger partial charge in [0.1, 0.15) is 0 Å². The number of halogens is 3. The van der Waals surface area contributed by atoms with E-state index in [0.717, 1.165) is 10.5 Å². The number of amides is 2. The lowest BCUT2D eigenvalue weighted by atomic mass is 10.1. The largest absolute Gasteiger partial charge is 0.416 e. The van der Waals surface area contributed by atoms with Gasteiger partial charge in [-0.3, -0.25) is 4.68 Å². The van der Waals surface area contributed by atoms with Gasteiger partial charge in [0.2, 0.25) is 0 Å². The van der Waals surface area contributed by atoms with Crippen molar-refractivity contribution in [1.82, 2.24) is 20.0 Å². The summed E-state index contributed by atoms with van der Waals surface area (Å²) in [5.41, 5.74) is -0.0951. The Morgan fingerprint density at radius 3 is 2.78 bits per heavy atom. The predicted octanol–water partition coefficient (Wildman–Crippen LogP) is 1.71. The molecule has 2 heterocycles. The lowest BCUT2D eigenvalue weighted by molar-refractivity contribution is -0.267. The smallest absolute Gasteiger partial charge is 0.359 e. The molecule has 1 aliphatic rings. The molecule has 1 atom stereocenters. The van der Waals surface area contributed by atoms with Crippen LogP contribution in [-0.4, -0.2) is 58.2 Å². The van der Waals surface area contributed by atoms with Gasteiger partial charge < -0.3 is 15.0 Å².